The third kappa shape index (κ3) is 5.34. The number of ether oxygens (including phenoxy) is 1. The van der Waals surface area contributed by atoms with Crippen molar-refractivity contribution in [3.05, 3.63) is 30.3 Å². The lowest BCUT2D eigenvalue weighted by Gasteiger charge is -2.18. The smallest absolute Gasteiger partial charge is 0.224 e. The van der Waals surface area contributed by atoms with Crippen molar-refractivity contribution in [2.24, 2.45) is 11.7 Å². The van der Waals surface area contributed by atoms with Crippen LogP contribution in [0.1, 0.15) is 25.7 Å². The average molecular weight is 368 g/mol. The van der Waals surface area contributed by atoms with Gasteiger partial charge in [0.15, 0.2) is 0 Å². The second-order valence-electron chi connectivity index (χ2n) is 6.68. The third-order valence-corrected chi connectivity index (χ3v) is 4.78. The quantitative estimate of drug-likeness (QED) is 0.794. The second-order valence-corrected chi connectivity index (χ2v) is 6.68. The molecule has 3 unspecified atom stereocenters. The molecule has 1 heterocycles. The van der Waals surface area contributed by atoms with Crippen molar-refractivity contribution in [1.29, 1.82) is 0 Å². The number of benzene rings is 1. The van der Waals surface area contributed by atoms with Gasteiger partial charge in [0.2, 0.25) is 11.8 Å². The number of para-hydroxylation sites is 1. The Morgan fingerprint density at radius 2 is 2.04 bits per heavy atom. The first kappa shape index (κ1) is 19.5. The average Bonchev–Trinajstić information content (AvgIpc) is 3.15. The molecule has 1 saturated carbocycles. The van der Waals surface area contributed by atoms with E-state index in [0.29, 0.717) is 26.1 Å². The van der Waals surface area contributed by atoms with E-state index in [1.807, 2.05) is 30.3 Å². The molecule has 2 amide bonds. The lowest BCUT2D eigenvalue weighted by atomic mass is 10.1. The van der Waals surface area contributed by atoms with Crippen LogP contribution in [0, 0.1) is 5.92 Å². The van der Waals surface area contributed by atoms with E-state index in [2.05, 4.69) is 5.32 Å². The summed E-state index contributed by atoms with van der Waals surface area (Å²) in [6.45, 7) is 1.55. The lowest BCUT2D eigenvalue weighted by molar-refractivity contribution is -0.128. The predicted octanol–water partition coefficient (Wildman–Crippen LogP) is 1.33. The van der Waals surface area contributed by atoms with Gasteiger partial charge in [-0.05, 0) is 31.4 Å². The van der Waals surface area contributed by atoms with E-state index >= 15 is 0 Å². The Kier molecular flexibility index (Phi) is 7.08. The van der Waals surface area contributed by atoms with Crippen molar-refractivity contribution in [1.82, 2.24) is 10.2 Å². The van der Waals surface area contributed by atoms with Crippen molar-refractivity contribution in [3.63, 3.8) is 0 Å². The number of carbonyl (C=O) groups excluding carboxylic acids is 2. The monoisotopic (exact) mass is 367 g/mol. The normalized spacial score (nSPS) is 25.6. The minimum Gasteiger partial charge on any atom is -0.492 e. The Morgan fingerprint density at radius 1 is 1.28 bits per heavy atom. The zero-order chi connectivity index (χ0) is 16.9. The highest BCUT2D eigenvalue weighted by atomic mass is 35.5. The molecule has 2 aliphatic rings. The summed E-state index contributed by atoms with van der Waals surface area (Å²) in [5, 5.41) is 3.01. The van der Waals surface area contributed by atoms with Crippen LogP contribution in [0.4, 0.5) is 0 Å². The number of nitrogens with one attached hydrogen (secondary N) is 1. The van der Waals surface area contributed by atoms with Gasteiger partial charge in [-0.2, -0.15) is 0 Å². The summed E-state index contributed by atoms with van der Waals surface area (Å²) in [5.74, 6) is 0.917. The lowest BCUT2D eigenvalue weighted by Crippen LogP contribution is -2.40. The topological polar surface area (TPSA) is 84.7 Å². The van der Waals surface area contributed by atoms with Crippen molar-refractivity contribution in [2.75, 3.05) is 19.7 Å². The van der Waals surface area contributed by atoms with Gasteiger partial charge in [-0.1, -0.05) is 18.2 Å². The van der Waals surface area contributed by atoms with Crippen LogP contribution in [0.3, 0.4) is 0 Å². The number of nitrogens with zero attached hydrogens (tertiary/aromatic N) is 1. The van der Waals surface area contributed by atoms with Crippen molar-refractivity contribution in [2.45, 2.75) is 37.8 Å². The van der Waals surface area contributed by atoms with Crippen molar-refractivity contribution in [3.8, 4) is 5.75 Å². The van der Waals surface area contributed by atoms with E-state index in [1.54, 1.807) is 4.90 Å². The molecule has 1 aliphatic carbocycles. The molecule has 1 saturated heterocycles. The molecule has 2 fully saturated rings. The zero-order valence-corrected chi connectivity index (χ0v) is 15.0. The van der Waals surface area contributed by atoms with Crippen LogP contribution >= 0.6 is 12.4 Å². The SMILES string of the molecule is Cl.NC1CCC(C(=O)NC2CC(=O)N(CCOc3ccccc3)C2)C1. The first-order chi connectivity index (χ1) is 11.6. The van der Waals surface area contributed by atoms with E-state index in [9.17, 15) is 9.59 Å². The highest BCUT2D eigenvalue weighted by Crippen LogP contribution is 2.24. The summed E-state index contributed by atoms with van der Waals surface area (Å²) >= 11 is 0. The maximum Gasteiger partial charge on any atom is 0.224 e. The van der Waals surface area contributed by atoms with Crippen LogP contribution in [0.2, 0.25) is 0 Å². The van der Waals surface area contributed by atoms with Crippen LogP contribution in [0.15, 0.2) is 30.3 Å². The maximum atomic E-state index is 12.2. The summed E-state index contributed by atoms with van der Waals surface area (Å²) in [6, 6.07) is 9.58. The summed E-state index contributed by atoms with van der Waals surface area (Å²) < 4.78 is 5.63. The fourth-order valence-corrected chi connectivity index (χ4v) is 3.45. The van der Waals surface area contributed by atoms with Crippen LogP contribution in [0.5, 0.6) is 5.75 Å². The highest BCUT2D eigenvalue weighted by molar-refractivity contribution is 5.85. The third-order valence-electron chi connectivity index (χ3n) is 4.78. The van der Waals surface area contributed by atoms with Gasteiger partial charge in [0, 0.05) is 24.9 Å². The number of halogens is 1. The number of amides is 2. The minimum absolute atomic E-state index is 0. The fraction of sp³-hybridized carbons (Fsp3) is 0.556. The number of nitrogens with two attached hydrogens (primary N) is 1. The molecule has 138 valence electrons. The number of rotatable bonds is 6. The Bertz CT molecular complexity index is 584. The molecule has 1 aliphatic heterocycles. The van der Waals surface area contributed by atoms with Gasteiger partial charge in [0.1, 0.15) is 12.4 Å². The molecule has 0 bridgehead atoms. The van der Waals surface area contributed by atoms with Crippen molar-refractivity contribution >= 4 is 24.2 Å². The molecule has 7 heteroatoms. The zero-order valence-electron chi connectivity index (χ0n) is 14.2. The Balaban J connectivity index is 0.00000225. The summed E-state index contributed by atoms with van der Waals surface area (Å²) in [6.07, 6.45) is 2.88. The number of likely N-dealkylation sites (tertiary alicyclic amines) is 1. The molecule has 0 aromatic heterocycles. The Labute approximate surface area is 154 Å². The second kappa shape index (κ2) is 9.06. The standard InChI is InChI=1S/C18H25N3O3.ClH/c19-14-7-6-13(10-14)18(23)20-15-11-17(22)21(12-15)8-9-24-16-4-2-1-3-5-16;/h1-5,13-15H,6-12,19H2,(H,20,23);1H. The summed E-state index contributed by atoms with van der Waals surface area (Å²) in [5.41, 5.74) is 5.86. The molecule has 3 rings (SSSR count). The molecular weight excluding hydrogens is 342 g/mol. The van der Waals surface area contributed by atoms with Gasteiger partial charge in [0.25, 0.3) is 0 Å². The minimum atomic E-state index is -0.0986. The molecule has 3 N–H and O–H groups in total. The van der Waals surface area contributed by atoms with E-state index in [1.165, 1.54) is 0 Å². The van der Waals surface area contributed by atoms with Crippen LogP contribution < -0.4 is 15.8 Å². The summed E-state index contributed by atoms with van der Waals surface area (Å²) in [7, 11) is 0. The van der Waals surface area contributed by atoms with Gasteiger partial charge in [-0.3, -0.25) is 9.59 Å². The maximum absolute atomic E-state index is 12.2. The van der Waals surface area contributed by atoms with Crippen LogP contribution in [-0.2, 0) is 9.59 Å². The van der Waals surface area contributed by atoms with Crippen LogP contribution in [-0.4, -0.2) is 48.5 Å². The Morgan fingerprint density at radius 3 is 2.72 bits per heavy atom. The van der Waals surface area contributed by atoms with Gasteiger partial charge in [-0.25, -0.2) is 0 Å². The highest BCUT2D eigenvalue weighted by Gasteiger charge is 2.33. The molecule has 6 nitrogen and oxygen atoms in total. The molecule has 1 aromatic carbocycles. The molecular formula is C18H26ClN3O3. The molecule has 1 aromatic rings. The summed E-state index contributed by atoms with van der Waals surface area (Å²) in [4.78, 5) is 26.1. The molecule has 0 radical (unpaired) electrons. The predicted molar refractivity (Wildman–Crippen MR) is 97.6 cm³/mol. The van der Waals surface area contributed by atoms with Gasteiger partial charge >= 0.3 is 0 Å². The first-order valence-electron chi connectivity index (χ1n) is 8.63. The van der Waals surface area contributed by atoms with Crippen molar-refractivity contribution < 1.29 is 14.3 Å². The Hall–Kier alpha value is -1.79. The number of hydrogen-bond acceptors (Lipinski definition) is 4. The molecule has 0 spiro atoms. The number of carbonyl (C=O) groups is 2. The van der Waals surface area contributed by atoms with E-state index in [-0.39, 0.29) is 42.2 Å². The largest absolute Gasteiger partial charge is 0.492 e. The molecule has 3 atom stereocenters. The first-order valence-corrected chi connectivity index (χ1v) is 8.63. The fourth-order valence-electron chi connectivity index (χ4n) is 3.45. The number of hydrogen-bond donors (Lipinski definition) is 2. The van der Waals surface area contributed by atoms with E-state index in [0.717, 1.165) is 25.0 Å². The van der Waals surface area contributed by atoms with Gasteiger partial charge < -0.3 is 20.7 Å². The van der Waals surface area contributed by atoms with Crippen LogP contribution in [0.25, 0.3) is 0 Å². The van der Waals surface area contributed by atoms with Gasteiger partial charge in [-0.15, -0.1) is 12.4 Å². The van der Waals surface area contributed by atoms with E-state index in [4.69, 9.17) is 10.5 Å². The molecule has 25 heavy (non-hydrogen) atoms. The van der Waals surface area contributed by atoms with Gasteiger partial charge in [0.05, 0.1) is 12.6 Å². The van der Waals surface area contributed by atoms with E-state index < -0.39 is 0 Å².